The van der Waals surface area contributed by atoms with E-state index in [0.29, 0.717) is 48.5 Å². The van der Waals surface area contributed by atoms with Crippen LogP contribution in [0.15, 0.2) is 18.2 Å². The monoisotopic (exact) mass is 357 g/mol. The number of carbonyl (C=O) groups excluding carboxylic acids is 3. The summed E-state index contributed by atoms with van der Waals surface area (Å²) in [6.07, 6.45) is 1.98. The van der Waals surface area contributed by atoms with E-state index in [4.69, 9.17) is 4.74 Å². The minimum Gasteiger partial charge on any atom is -0.482 e. The maximum absolute atomic E-state index is 12.6. The van der Waals surface area contributed by atoms with Crippen LogP contribution in [0.3, 0.4) is 0 Å². The maximum Gasteiger partial charge on any atom is 0.262 e. The fourth-order valence-electron chi connectivity index (χ4n) is 3.76. The molecule has 1 saturated heterocycles. The van der Waals surface area contributed by atoms with Gasteiger partial charge in [0.1, 0.15) is 5.75 Å². The van der Waals surface area contributed by atoms with Crippen molar-refractivity contribution in [1.29, 1.82) is 0 Å². The number of nitrogens with one attached hydrogen (secondary N) is 2. The van der Waals surface area contributed by atoms with Gasteiger partial charge in [0.2, 0.25) is 5.91 Å². The molecule has 2 N–H and O–H groups in total. The van der Waals surface area contributed by atoms with Gasteiger partial charge < -0.3 is 20.3 Å². The Morgan fingerprint density at radius 3 is 2.81 bits per heavy atom. The van der Waals surface area contributed by atoms with Gasteiger partial charge in [-0.1, -0.05) is 6.92 Å². The number of carbonyl (C=O) groups is 3. The van der Waals surface area contributed by atoms with E-state index >= 15 is 0 Å². The molecule has 1 saturated carbocycles. The molecule has 7 nitrogen and oxygen atoms in total. The fraction of sp³-hybridized carbons (Fsp3) is 0.526. The normalized spacial score (nSPS) is 24.5. The zero-order valence-electron chi connectivity index (χ0n) is 14.8. The Morgan fingerprint density at radius 2 is 2.08 bits per heavy atom. The molecular weight excluding hydrogens is 334 g/mol. The number of ether oxygens (including phenoxy) is 1. The van der Waals surface area contributed by atoms with Crippen molar-refractivity contribution in [3.8, 4) is 5.75 Å². The van der Waals surface area contributed by atoms with Crippen molar-refractivity contribution < 1.29 is 19.1 Å². The molecule has 7 heteroatoms. The number of nitrogens with zero attached hydrogens (tertiary/aromatic N) is 1. The van der Waals surface area contributed by atoms with E-state index in [0.717, 1.165) is 12.8 Å². The van der Waals surface area contributed by atoms with Gasteiger partial charge in [-0.2, -0.15) is 0 Å². The number of hydrogen-bond donors (Lipinski definition) is 2. The largest absolute Gasteiger partial charge is 0.482 e. The first-order chi connectivity index (χ1) is 12.5. The van der Waals surface area contributed by atoms with E-state index < -0.39 is 0 Å². The van der Waals surface area contributed by atoms with Crippen LogP contribution in [0.2, 0.25) is 0 Å². The van der Waals surface area contributed by atoms with Crippen LogP contribution in [-0.2, 0) is 9.59 Å². The zero-order chi connectivity index (χ0) is 18.3. The number of fused-ring (bicyclic) bond motifs is 1. The molecule has 0 radical (unpaired) electrons. The van der Waals surface area contributed by atoms with Gasteiger partial charge in [-0.15, -0.1) is 0 Å². The fourth-order valence-corrected chi connectivity index (χ4v) is 3.76. The van der Waals surface area contributed by atoms with E-state index in [1.165, 1.54) is 0 Å². The second kappa shape index (κ2) is 6.63. The van der Waals surface area contributed by atoms with E-state index in [1.54, 1.807) is 23.1 Å². The van der Waals surface area contributed by atoms with Crippen molar-refractivity contribution in [3.63, 3.8) is 0 Å². The molecule has 0 aromatic heterocycles. The number of hydrogen-bond acceptors (Lipinski definition) is 4. The Balaban J connectivity index is 1.26. The SMILES string of the molecule is CC1CC(C(=O)NCC2CN(C(=O)c3ccc4c(c3)OCC(=O)N4)C2)C1. The Morgan fingerprint density at radius 1 is 1.31 bits per heavy atom. The molecule has 1 aliphatic carbocycles. The molecule has 138 valence electrons. The molecule has 0 atom stereocenters. The summed E-state index contributed by atoms with van der Waals surface area (Å²) in [6, 6.07) is 5.06. The Hall–Kier alpha value is -2.57. The first-order valence-electron chi connectivity index (χ1n) is 9.13. The lowest BCUT2D eigenvalue weighted by Gasteiger charge is -2.40. The second-order valence-electron chi connectivity index (χ2n) is 7.64. The van der Waals surface area contributed by atoms with Gasteiger partial charge in [-0.3, -0.25) is 14.4 Å². The first-order valence-corrected chi connectivity index (χ1v) is 9.13. The predicted molar refractivity (Wildman–Crippen MR) is 94.9 cm³/mol. The quantitative estimate of drug-likeness (QED) is 0.849. The van der Waals surface area contributed by atoms with Crippen LogP contribution < -0.4 is 15.4 Å². The van der Waals surface area contributed by atoms with E-state index in [-0.39, 0.29) is 30.2 Å². The van der Waals surface area contributed by atoms with Crippen LogP contribution >= 0.6 is 0 Å². The average molecular weight is 357 g/mol. The second-order valence-corrected chi connectivity index (χ2v) is 7.64. The summed E-state index contributed by atoms with van der Waals surface area (Å²) in [4.78, 5) is 37.6. The Labute approximate surface area is 152 Å². The molecule has 1 aromatic rings. The third-order valence-corrected chi connectivity index (χ3v) is 5.42. The highest BCUT2D eigenvalue weighted by Gasteiger charge is 2.34. The molecule has 0 bridgehead atoms. The molecule has 0 unspecified atom stereocenters. The third-order valence-electron chi connectivity index (χ3n) is 5.42. The van der Waals surface area contributed by atoms with Crippen LogP contribution in [0.25, 0.3) is 0 Å². The highest BCUT2D eigenvalue weighted by molar-refractivity contribution is 5.99. The summed E-state index contributed by atoms with van der Waals surface area (Å²) in [5.74, 6) is 1.59. The maximum atomic E-state index is 12.6. The van der Waals surface area contributed by atoms with Crippen molar-refractivity contribution in [1.82, 2.24) is 10.2 Å². The van der Waals surface area contributed by atoms with Gasteiger partial charge in [0.05, 0.1) is 5.69 Å². The van der Waals surface area contributed by atoms with E-state index in [9.17, 15) is 14.4 Å². The van der Waals surface area contributed by atoms with Crippen LogP contribution in [0.1, 0.15) is 30.1 Å². The first kappa shape index (κ1) is 16.9. The Bertz CT molecular complexity index is 751. The number of amides is 3. The van der Waals surface area contributed by atoms with Crippen molar-refractivity contribution >= 4 is 23.4 Å². The highest BCUT2D eigenvalue weighted by Crippen LogP contribution is 2.33. The van der Waals surface area contributed by atoms with Crippen LogP contribution in [0, 0.1) is 17.8 Å². The van der Waals surface area contributed by atoms with Gasteiger partial charge >= 0.3 is 0 Å². The lowest BCUT2D eigenvalue weighted by atomic mass is 9.75. The number of likely N-dealkylation sites (tertiary alicyclic amines) is 1. The molecule has 1 aromatic carbocycles. The van der Waals surface area contributed by atoms with Gasteiger partial charge in [0.15, 0.2) is 6.61 Å². The third kappa shape index (κ3) is 3.25. The lowest BCUT2D eigenvalue weighted by molar-refractivity contribution is -0.129. The molecule has 2 aliphatic heterocycles. The molecule has 3 amide bonds. The molecule has 0 spiro atoms. The van der Waals surface area contributed by atoms with Gasteiger partial charge in [0.25, 0.3) is 11.8 Å². The summed E-state index contributed by atoms with van der Waals surface area (Å²) < 4.78 is 5.36. The summed E-state index contributed by atoms with van der Waals surface area (Å²) in [5, 5.41) is 5.72. The Kier molecular flexibility index (Phi) is 4.30. The molecule has 2 fully saturated rings. The zero-order valence-corrected chi connectivity index (χ0v) is 14.8. The van der Waals surface area contributed by atoms with E-state index in [1.807, 2.05) is 0 Å². The lowest BCUT2D eigenvalue weighted by Crippen LogP contribution is -2.54. The van der Waals surface area contributed by atoms with Crippen LogP contribution in [0.5, 0.6) is 5.75 Å². The van der Waals surface area contributed by atoms with Crippen molar-refractivity contribution in [3.05, 3.63) is 23.8 Å². The average Bonchev–Trinajstić information content (AvgIpc) is 2.56. The van der Waals surface area contributed by atoms with E-state index in [2.05, 4.69) is 17.6 Å². The van der Waals surface area contributed by atoms with Gasteiger partial charge in [-0.05, 0) is 37.0 Å². The number of rotatable bonds is 4. The van der Waals surface area contributed by atoms with Crippen LogP contribution in [0.4, 0.5) is 5.69 Å². The molecular formula is C19H23N3O4. The van der Waals surface area contributed by atoms with Gasteiger partial charge in [-0.25, -0.2) is 0 Å². The summed E-state index contributed by atoms with van der Waals surface area (Å²) in [5.41, 5.74) is 1.14. The van der Waals surface area contributed by atoms with Crippen molar-refractivity contribution in [2.75, 3.05) is 31.6 Å². The summed E-state index contributed by atoms with van der Waals surface area (Å²) in [7, 11) is 0. The van der Waals surface area contributed by atoms with Crippen LogP contribution in [-0.4, -0.2) is 48.9 Å². The van der Waals surface area contributed by atoms with Crippen molar-refractivity contribution in [2.24, 2.45) is 17.8 Å². The minimum absolute atomic E-state index is 0.0318. The minimum atomic E-state index is -0.194. The number of anilines is 1. The molecule has 2 heterocycles. The smallest absolute Gasteiger partial charge is 0.262 e. The standard InChI is InChI=1S/C19H23N3O4/c1-11-4-14(5-11)18(24)20-7-12-8-22(9-12)19(25)13-2-3-15-16(6-13)26-10-17(23)21-15/h2-3,6,11-12,14H,4-5,7-10H2,1H3,(H,20,24)(H,21,23). The highest BCUT2D eigenvalue weighted by atomic mass is 16.5. The number of benzene rings is 1. The summed E-state index contributed by atoms with van der Waals surface area (Å²) in [6.45, 7) is 4.06. The summed E-state index contributed by atoms with van der Waals surface area (Å²) >= 11 is 0. The molecule has 4 rings (SSSR count). The van der Waals surface area contributed by atoms with Gasteiger partial charge in [0, 0.05) is 37.0 Å². The molecule has 3 aliphatic rings. The van der Waals surface area contributed by atoms with Crippen molar-refractivity contribution in [2.45, 2.75) is 19.8 Å². The molecule has 26 heavy (non-hydrogen) atoms. The predicted octanol–water partition coefficient (Wildman–Crippen LogP) is 1.25. The topological polar surface area (TPSA) is 87.7 Å².